The summed E-state index contributed by atoms with van der Waals surface area (Å²) in [5, 5.41) is 2.90. The van der Waals surface area contributed by atoms with E-state index in [1.807, 2.05) is 0 Å². The molecule has 0 radical (unpaired) electrons. The van der Waals surface area contributed by atoms with Crippen LogP contribution in [0.15, 0.2) is 24.3 Å². The number of nitrogens with one attached hydrogen (secondary N) is 1. The van der Waals surface area contributed by atoms with Gasteiger partial charge in [0, 0.05) is 25.3 Å². The van der Waals surface area contributed by atoms with Crippen molar-refractivity contribution in [3.63, 3.8) is 0 Å². The van der Waals surface area contributed by atoms with Gasteiger partial charge in [0.1, 0.15) is 11.8 Å². The molecule has 0 saturated carbocycles. The highest BCUT2D eigenvalue weighted by atomic mass is 16.5. The molecule has 2 amide bonds. The first-order valence-corrected chi connectivity index (χ1v) is 9.03. The standard InChI is InChI=1S/C19H26N2O4/c1-24-15-8-6-14(7-9-15)20-19(23)17-5-2-12-21(17)18(22)11-10-16-4-3-13-25-16/h6-9,16-17H,2-5,10-13H2,1H3,(H,20,23)/t16-,17-/m1/s1. The van der Waals surface area contributed by atoms with Crippen molar-refractivity contribution in [2.45, 2.75) is 50.7 Å². The summed E-state index contributed by atoms with van der Waals surface area (Å²) in [5.74, 6) is 0.681. The molecule has 0 unspecified atom stereocenters. The average molecular weight is 346 g/mol. The van der Waals surface area contributed by atoms with E-state index in [1.54, 1.807) is 36.3 Å². The van der Waals surface area contributed by atoms with Crippen molar-refractivity contribution in [1.29, 1.82) is 0 Å². The minimum absolute atomic E-state index is 0.0582. The Bertz CT molecular complexity index is 596. The zero-order chi connectivity index (χ0) is 17.6. The molecule has 6 heteroatoms. The first-order chi connectivity index (χ1) is 12.2. The van der Waals surface area contributed by atoms with Gasteiger partial charge in [-0.15, -0.1) is 0 Å². The fraction of sp³-hybridized carbons (Fsp3) is 0.579. The Balaban J connectivity index is 1.53. The van der Waals surface area contributed by atoms with E-state index in [0.717, 1.165) is 38.0 Å². The zero-order valence-corrected chi connectivity index (χ0v) is 14.7. The molecule has 1 aromatic rings. The van der Waals surface area contributed by atoms with Gasteiger partial charge in [0.15, 0.2) is 0 Å². The number of amides is 2. The molecule has 0 aromatic heterocycles. The van der Waals surface area contributed by atoms with Gasteiger partial charge in [0.05, 0.1) is 13.2 Å². The molecule has 0 bridgehead atoms. The second-order valence-corrected chi connectivity index (χ2v) is 6.64. The van der Waals surface area contributed by atoms with Crippen LogP contribution in [0.3, 0.4) is 0 Å². The second kappa shape index (κ2) is 8.34. The Morgan fingerprint density at radius 2 is 2.04 bits per heavy atom. The molecule has 2 atom stereocenters. The molecule has 1 N–H and O–H groups in total. The summed E-state index contributed by atoms with van der Waals surface area (Å²) in [5.41, 5.74) is 0.712. The summed E-state index contributed by atoms with van der Waals surface area (Å²) in [6.45, 7) is 1.46. The lowest BCUT2D eigenvalue weighted by Crippen LogP contribution is -2.43. The number of carbonyl (C=O) groups is 2. The van der Waals surface area contributed by atoms with E-state index in [0.29, 0.717) is 25.1 Å². The molecule has 1 aromatic carbocycles. The number of ether oxygens (including phenoxy) is 2. The predicted octanol–water partition coefficient (Wildman–Crippen LogP) is 2.58. The van der Waals surface area contributed by atoms with Crippen LogP contribution in [0.1, 0.15) is 38.5 Å². The van der Waals surface area contributed by atoms with Crippen molar-refractivity contribution >= 4 is 17.5 Å². The van der Waals surface area contributed by atoms with Gasteiger partial charge in [-0.05, 0) is 56.4 Å². The number of anilines is 1. The summed E-state index contributed by atoms with van der Waals surface area (Å²) in [6.07, 6.45) is 5.11. The molecule has 2 heterocycles. The predicted molar refractivity (Wildman–Crippen MR) is 94.6 cm³/mol. The van der Waals surface area contributed by atoms with Gasteiger partial charge in [-0.25, -0.2) is 0 Å². The van der Waals surface area contributed by atoms with E-state index >= 15 is 0 Å². The van der Waals surface area contributed by atoms with Gasteiger partial charge >= 0.3 is 0 Å². The van der Waals surface area contributed by atoms with Crippen LogP contribution >= 0.6 is 0 Å². The Labute approximate surface area is 148 Å². The second-order valence-electron chi connectivity index (χ2n) is 6.64. The summed E-state index contributed by atoms with van der Waals surface area (Å²) in [6, 6.07) is 6.83. The summed E-state index contributed by atoms with van der Waals surface area (Å²) >= 11 is 0. The summed E-state index contributed by atoms with van der Waals surface area (Å²) in [7, 11) is 1.60. The lowest BCUT2D eigenvalue weighted by atomic mass is 10.1. The summed E-state index contributed by atoms with van der Waals surface area (Å²) in [4.78, 5) is 26.8. The van der Waals surface area contributed by atoms with Crippen LogP contribution in [0.4, 0.5) is 5.69 Å². The number of benzene rings is 1. The number of hydrogen-bond acceptors (Lipinski definition) is 4. The number of carbonyl (C=O) groups excluding carboxylic acids is 2. The number of nitrogens with zero attached hydrogens (tertiary/aromatic N) is 1. The smallest absolute Gasteiger partial charge is 0.247 e. The highest BCUT2D eigenvalue weighted by Gasteiger charge is 2.34. The zero-order valence-electron chi connectivity index (χ0n) is 14.7. The fourth-order valence-electron chi connectivity index (χ4n) is 3.54. The molecule has 136 valence electrons. The molecular formula is C19H26N2O4. The molecule has 25 heavy (non-hydrogen) atoms. The molecule has 3 rings (SSSR count). The molecule has 2 fully saturated rings. The van der Waals surface area contributed by atoms with E-state index in [2.05, 4.69) is 5.32 Å². The van der Waals surface area contributed by atoms with Crippen LogP contribution in [0.25, 0.3) is 0 Å². The molecule has 2 saturated heterocycles. The number of likely N-dealkylation sites (tertiary alicyclic amines) is 1. The van der Waals surface area contributed by atoms with Crippen LogP contribution in [0, 0.1) is 0 Å². The molecular weight excluding hydrogens is 320 g/mol. The van der Waals surface area contributed by atoms with Gasteiger partial charge in [-0.1, -0.05) is 0 Å². The third-order valence-electron chi connectivity index (χ3n) is 4.94. The van der Waals surface area contributed by atoms with Crippen molar-refractivity contribution in [3.8, 4) is 5.75 Å². The maximum Gasteiger partial charge on any atom is 0.247 e. The van der Waals surface area contributed by atoms with E-state index in [9.17, 15) is 9.59 Å². The molecule has 0 aliphatic carbocycles. The maximum atomic E-state index is 12.6. The maximum absolute atomic E-state index is 12.6. The van der Waals surface area contributed by atoms with Gasteiger partial charge < -0.3 is 19.7 Å². The molecule has 6 nitrogen and oxygen atoms in total. The largest absolute Gasteiger partial charge is 0.497 e. The van der Waals surface area contributed by atoms with E-state index in [1.165, 1.54) is 0 Å². The number of hydrogen-bond donors (Lipinski definition) is 1. The van der Waals surface area contributed by atoms with Crippen LogP contribution in [-0.4, -0.2) is 49.1 Å². The van der Waals surface area contributed by atoms with Crippen LogP contribution in [-0.2, 0) is 14.3 Å². The van der Waals surface area contributed by atoms with Crippen molar-refractivity contribution in [1.82, 2.24) is 4.90 Å². The van der Waals surface area contributed by atoms with Gasteiger partial charge in [-0.3, -0.25) is 9.59 Å². The monoisotopic (exact) mass is 346 g/mol. The SMILES string of the molecule is COc1ccc(NC(=O)[C@H]2CCCN2C(=O)CC[C@H]2CCCO2)cc1. The molecule has 0 spiro atoms. The lowest BCUT2D eigenvalue weighted by Gasteiger charge is -2.24. The van der Waals surface area contributed by atoms with Gasteiger partial charge in [0.2, 0.25) is 11.8 Å². The third kappa shape index (κ3) is 4.51. The van der Waals surface area contributed by atoms with Gasteiger partial charge in [0.25, 0.3) is 0 Å². The lowest BCUT2D eigenvalue weighted by molar-refractivity contribution is -0.137. The Morgan fingerprint density at radius 3 is 2.72 bits per heavy atom. The van der Waals surface area contributed by atoms with Gasteiger partial charge in [-0.2, -0.15) is 0 Å². The fourth-order valence-corrected chi connectivity index (χ4v) is 3.54. The van der Waals surface area contributed by atoms with E-state index < -0.39 is 0 Å². The highest BCUT2D eigenvalue weighted by molar-refractivity contribution is 5.97. The summed E-state index contributed by atoms with van der Waals surface area (Å²) < 4.78 is 10.7. The minimum Gasteiger partial charge on any atom is -0.497 e. The molecule has 2 aliphatic rings. The third-order valence-corrected chi connectivity index (χ3v) is 4.94. The number of rotatable bonds is 6. The normalized spacial score (nSPS) is 22.8. The highest BCUT2D eigenvalue weighted by Crippen LogP contribution is 2.23. The first-order valence-electron chi connectivity index (χ1n) is 9.03. The minimum atomic E-state index is -0.376. The topological polar surface area (TPSA) is 67.9 Å². The van der Waals surface area contributed by atoms with Crippen molar-refractivity contribution in [2.75, 3.05) is 25.6 Å². The first kappa shape index (κ1) is 17.7. The number of methoxy groups -OCH3 is 1. The van der Waals surface area contributed by atoms with E-state index in [4.69, 9.17) is 9.47 Å². The van der Waals surface area contributed by atoms with Crippen LogP contribution in [0.2, 0.25) is 0 Å². The van der Waals surface area contributed by atoms with Crippen molar-refractivity contribution < 1.29 is 19.1 Å². The molecule has 2 aliphatic heterocycles. The van der Waals surface area contributed by atoms with E-state index in [-0.39, 0.29) is 24.0 Å². The Morgan fingerprint density at radius 1 is 1.24 bits per heavy atom. The van der Waals surface area contributed by atoms with Crippen LogP contribution < -0.4 is 10.1 Å². The van der Waals surface area contributed by atoms with Crippen LogP contribution in [0.5, 0.6) is 5.75 Å². The van der Waals surface area contributed by atoms with Crippen molar-refractivity contribution in [3.05, 3.63) is 24.3 Å². The van der Waals surface area contributed by atoms with Crippen molar-refractivity contribution in [2.24, 2.45) is 0 Å². The quantitative estimate of drug-likeness (QED) is 0.860. The Hall–Kier alpha value is -2.08. The Kier molecular flexibility index (Phi) is 5.91. The average Bonchev–Trinajstić information content (AvgIpc) is 3.32.